The van der Waals surface area contributed by atoms with E-state index in [4.69, 9.17) is 22.1 Å². The number of rotatable bonds is 2. The third kappa shape index (κ3) is 2.48. The van der Waals surface area contributed by atoms with E-state index in [9.17, 15) is 4.39 Å². The standard InChI is InChI=1S/C15H11ClFN3O/c1-21-13-5-2-8(6-11(13)17)15-19-12-7-9(16)3-4-10(12)14(18)20-15/h2-7H,1H3,(H2,18,19,20). The Kier molecular flexibility index (Phi) is 3.35. The molecule has 1 heterocycles. The Bertz CT molecular complexity index is 839. The van der Waals surface area contributed by atoms with E-state index in [1.807, 2.05) is 0 Å². The third-order valence-corrected chi connectivity index (χ3v) is 3.33. The highest BCUT2D eigenvalue weighted by Gasteiger charge is 2.10. The number of fused-ring (bicyclic) bond motifs is 1. The van der Waals surface area contributed by atoms with Gasteiger partial charge >= 0.3 is 0 Å². The zero-order chi connectivity index (χ0) is 15.0. The molecule has 6 heteroatoms. The van der Waals surface area contributed by atoms with Crippen molar-refractivity contribution in [3.8, 4) is 17.1 Å². The van der Waals surface area contributed by atoms with Gasteiger partial charge in [0.1, 0.15) is 5.82 Å². The molecular weight excluding hydrogens is 293 g/mol. The summed E-state index contributed by atoms with van der Waals surface area (Å²) < 4.78 is 18.7. The van der Waals surface area contributed by atoms with E-state index in [0.29, 0.717) is 33.1 Å². The molecule has 21 heavy (non-hydrogen) atoms. The lowest BCUT2D eigenvalue weighted by molar-refractivity contribution is 0.386. The van der Waals surface area contributed by atoms with E-state index in [-0.39, 0.29) is 5.75 Å². The predicted octanol–water partition coefficient (Wildman–Crippen LogP) is 3.68. The van der Waals surface area contributed by atoms with E-state index >= 15 is 0 Å². The summed E-state index contributed by atoms with van der Waals surface area (Å²) in [7, 11) is 1.41. The largest absolute Gasteiger partial charge is 0.494 e. The predicted molar refractivity (Wildman–Crippen MR) is 80.9 cm³/mol. The molecule has 0 aliphatic rings. The van der Waals surface area contributed by atoms with Gasteiger partial charge in [-0.2, -0.15) is 0 Å². The van der Waals surface area contributed by atoms with Gasteiger partial charge in [-0.05, 0) is 36.4 Å². The van der Waals surface area contributed by atoms with Crippen LogP contribution in [0.3, 0.4) is 0 Å². The third-order valence-electron chi connectivity index (χ3n) is 3.10. The summed E-state index contributed by atoms with van der Waals surface area (Å²) in [6.45, 7) is 0. The van der Waals surface area contributed by atoms with Crippen LogP contribution in [0.1, 0.15) is 0 Å². The van der Waals surface area contributed by atoms with E-state index in [1.54, 1.807) is 24.3 Å². The van der Waals surface area contributed by atoms with Gasteiger partial charge < -0.3 is 10.5 Å². The first-order valence-corrected chi connectivity index (χ1v) is 6.53. The summed E-state index contributed by atoms with van der Waals surface area (Å²) in [6.07, 6.45) is 0. The van der Waals surface area contributed by atoms with Crippen molar-refractivity contribution in [3.63, 3.8) is 0 Å². The molecule has 0 aliphatic carbocycles. The molecule has 0 fully saturated rings. The summed E-state index contributed by atoms with van der Waals surface area (Å²) in [5, 5.41) is 1.25. The summed E-state index contributed by atoms with van der Waals surface area (Å²) in [5.41, 5.74) is 7.05. The zero-order valence-electron chi connectivity index (χ0n) is 11.1. The van der Waals surface area contributed by atoms with Crippen molar-refractivity contribution in [3.05, 3.63) is 47.2 Å². The van der Waals surface area contributed by atoms with Gasteiger partial charge in [-0.25, -0.2) is 14.4 Å². The minimum atomic E-state index is -0.483. The van der Waals surface area contributed by atoms with Crippen LogP contribution in [0.2, 0.25) is 5.02 Å². The average Bonchev–Trinajstić information content (AvgIpc) is 2.46. The van der Waals surface area contributed by atoms with E-state index in [0.717, 1.165) is 0 Å². The fourth-order valence-corrected chi connectivity index (χ4v) is 2.23. The molecule has 3 aromatic rings. The van der Waals surface area contributed by atoms with Crippen molar-refractivity contribution in [1.82, 2.24) is 9.97 Å². The van der Waals surface area contributed by atoms with Crippen molar-refractivity contribution in [1.29, 1.82) is 0 Å². The molecule has 2 aromatic carbocycles. The number of benzene rings is 2. The molecule has 0 bridgehead atoms. The van der Waals surface area contributed by atoms with Gasteiger partial charge in [0.25, 0.3) is 0 Å². The summed E-state index contributed by atoms with van der Waals surface area (Å²) in [5.74, 6) is 0.339. The second kappa shape index (κ2) is 5.18. The number of nitrogens with two attached hydrogens (primary N) is 1. The van der Waals surface area contributed by atoms with Crippen LogP contribution in [0.15, 0.2) is 36.4 Å². The van der Waals surface area contributed by atoms with Gasteiger partial charge in [0.15, 0.2) is 17.4 Å². The molecule has 2 N–H and O–H groups in total. The molecule has 0 unspecified atom stereocenters. The lowest BCUT2D eigenvalue weighted by atomic mass is 10.1. The number of methoxy groups -OCH3 is 1. The Morgan fingerprint density at radius 2 is 1.95 bits per heavy atom. The minimum absolute atomic E-state index is 0.163. The van der Waals surface area contributed by atoms with Crippen LogP contribution in [0.5, 0.6) is 5.75 Å². The highest BCUT2D eigenvalue weighted by atomic mass is 35.5. The quantitative estimate of drug-likeness (QED) is 0.784. The first-order chi connectivity index (χ1) is 10.1. The Morgan fingerprint density at radius 1 is 1.14 bits per heavy atom. The molecule has 4 nitrogen and oxygen atoms in total. The Morgan fingerprint density at radius 3 is 2.67 bits per heavy atom. The van der Waals surface area contributed by atoms with Gasteiger partial charge in [0, 0.05) is 16.0 Å². The number of aromatic nitrogens is 2. The molecule has 0 amide bonds. The van der Waals surface area contributed by atoms with Gasteiger partial charge in [-0.3, -0.25) is 0 Å². The summed E-state index contributed by atoms with van der Waals surface area (Å²) >= 11 is 5.96. The van der Waals surface area contributed by atoms with Crippen molar-refractivity contribution in [2.24, 2.45) is 0 Å². The Balaban J connectivity index is 2.18. The monoisotopic (exact) mass is 303 g/mol. The van der Waals surface area contributed by atoms with Crippen LogP contribution in [0, 0.1) is 5.82 Å². The number of nitrogen functional groups attached to an aromatic ring is 1. The van der Waals surface area contributed by atoms with E-state index in [2.05, 4.69) is 9.97 Å². The maximum absolute atomic E-state index is 13.8. The molecule has 106 valence electrons. The van der Waals surface area contributed by atoms with Crippen LogP contribution in [0.25, 0.3) is 22.3 Å². The molecule has 0 aliphatic heterocycles. The molecular formula is C15H11ClFN3O. The van der Waals surface area contributed by atoms with Crippen molar-refractivity contribution >= 4 is 28.3 Å². The fourth-order valence-electron chi connectivity index (χ4n) is 2.06. The average molecular weight is 304 g/mol. The Labute approximate surface area is 125 Å². The van der Waals surface area contributed by atoms with Crippen LogP contribution in [0.4, 0.5) is 10.2 Å². The number of ether oxygens (including phenoxy) is 1. The first kappa shape index (κ1) is 13.6. The van der Waals surface area contributed by atoms with E-state index in [1.165, 1.54) is 19.2 Å². The molecule has 0 saturated heterocycles. The normalized spacial score (nSPS) is 10.8. The summed E-state index contributed by atoms with van der Waals surface area (Å²) in [4.78, 5) is 8.59. The van der Waals surface area contributed by atoms with Crippen LogP contribution in [-0.4, -0.2) is 17.1 Å². The Hall–Kier alpha value is -2.40. The topological polar surface area (TPSA) is 61.0 Å². The lowest BCUT2D eigenvalue weighted by Crippen LogP contribution is -1.98. The SMILES string of the molecule is COc1ccc(-c2nc(N)c3ccc(Cl)cc3n2)cc1F. The van der Waals surface area contributed by atoms with Gasteiger partial charge in [0.05, 0.1) is 12.6 Å². The van der Waals surface area contributed by atoms with Crippen LogP contribution < -0.4 is 10.5 Å². The highest BCUT2D eigenvalue weighted by molar-refractivity contribution is 6.31. The molecule has 0 atom stereocenters. The molecule has 1 aromatic heterocycles. The molecule has 0 radical (unpaired) electrons. The minimum Gasteiger partial charge on any atom is -0.494 e. The highest BCUT2D eigenvalue weighted by Crippen LogP contribution is 2.27. The maximum Gasteiger partial charge on any atom is 0.165 e. The van der Waals surface area contributed by atoms with E-state index < -0.39 is 5.82 Å². The number of nitrogens with zero attached hydrogens (tertiary/aromatic N) is 2. The molecule has 0 spiro atoms. The number of hydrogen-bond donors (Lipinski definition) is 1. The van der Waals surface area contributed by atoms with Gasteiger partial charge in [-0.15, -0.1) is 0 Å². The second-order valence-electron chi connectivity index (χ2n) is 4.44. The smallest absolute Gasteiger partial charge is 0.165 e. The maximum atomic E-state index is 13.8. The zero-order valence-corrected chi connectivity index (χ0v) is 11.9. The van der Waals surface area contributed by atoms with Crippen molar-refractivity contribution in [2.75, 3.05) is 12.8 Å². The molecule has 3 rings (SSSR count). The van der Waals surface area contributed by atoms with Crippen molar-refractivity contribution in [2.45, 2.75) is 0 Å². The van der Waals surface area contributed by atoms with Gasteiger partial charge in [0.2, 0.25) is 0 Å². The number of hydrogen-bond acceptors (Lipinski definition) is 4. The number of anilines is 1. The first-order valence-electron chi connectivity index (χ1n) is 6.15. The summed E-state index contributed by atoms with van der Waals surface area (Å²) in [6, 6.07) is 9.67. The van der Waals surface area contributed by atoms with Crippen molar-refractivity contribution < 1.29 is 9.13 Å². The van der Waals surface area contributed by atoms with Crippen LogP contribution in [-0.2, 0) is 0 Å². The lowest BCUT2D eigenvalue weighted by Gasteiger charge is -2.07. The van der Waals surface area contributed by atoms with Gasteiger partial charge in [-0.1, -0.05) is 11.6 Å². The second-order valence-corrected chi connectivity index (χ2v) is 4.88. The van der Waals surface area contributed by atoms with Crippen LogP contribution >= 0.6 is 11.6 Å². The molecule has 0 saturated carbocycles. The fraction of sp³-hybridized carbons (Fsp3) is 0.0667. The number of halogens is 2.